The number of para-hydroxylation sites is 1. The van der Waals surface area contributed by atoms with Crippen molar-refractivity contribution in [2.45, 2.75) is 13.3 Å². The third kappa shape index (κ3) is 4.99. The Morgan fingerprint density at radius 3 is 2.62 bits per heavy atom. The quantitative estimate of drug-likeness (QED) is 0.813. The van der Waals surface area contributed by atoms with Gasteiger partial charge in [0.15, 0.2) is 6.61 Å². The smallest absolute Gasteiger partial charge is 0.310 e. The average Bonchev–Trinajstić information content (AvgIpc) is 2.57. The van der Waals surface area contributed by atoms with Crippen LogP contribution in [-0.2, 0) is 20.7 Å². The van der Waals surface area contributed by atoms with Crippen molar-refractivity contribution in [3.05, 3.63) is 58.6 Å². The zero-order valence-corrected chi connectivity index (χ0v) is 14.2. The molecule has 0 heterocycles. The summed E-state index contributed by atoms with van der Waals surface area (Å²) in [4.78, 5) is 23.7. The van der Waals surface area contributed by atoms with Gasteiger partial charge in [-0.2, -0.15) is 0 Å². The molecule has 0 aromatic heterocycles. The van der Waals surface area contributed by atoms with Gasteiger partial charge in [0.2, 0.25) is 0 Å². The fourth-order valence-corrected chi connectivity index (χ4v) is 2.25. The number of carbonyl (C=O) groups excluding carboxylic acids is 2. The van der Waals surface area contributed by atoms with Gasteiger partial charge in [0.05, 0.1) is 13.5 Å². The van der Waals surface area contributed by atoms with Crippen molar-refractivity contribution in [3.8, 4) is 5.75 Å². The van der Waals surface area contributed by atoms with E-state index in [0.717, 1.165) is 5.56 Å². The lowest BCUT2D eigenvalue weighted by Crippen LogP contribution is -2.21. The molecular formula is C18H18ClNO4. The highest BCUT2D eigenvalue weighted by atomic mass is 35.5. The Labute approximate surface area is 145 Å². The molecule has 1 amide bonds. The van der Waals surface area contributed by atoms with Crippen LogP contribution in [0, 0.1) is 6.92 Å². The van der Waals surface area contributed by atoms with Crippen molar-refractivity contribution in [1.82, 2.24) is 0 Å². The van der Waals surface area contributed by atoms with Crippen LogP contribution in [0.25, 0.3) is 0 Å². The number of carbonyl (C=O) groups is 2. The fraction of sp³-hybridized carbons (Fsp3) is 0.222. The largest absolute Gasteiger partial charge is 0.496 e. The molecule has 2 aromatic carbocycles. The van der Waals surface area contributed by atoms with E-state index in [-0.39, 0.29) is 13.0 Å². The molecule has 0 aliphatic rings. The van der Waals surface area contributed by atoms with Crippen LogP contribution in [0.3, 0.4) is 0 Å². The van der Waals surface area contributed by atoms with E-state index in [9.17, 15) is 9.59 Å². The molecule has 0 radical (unpaired) electrons. The van der Waals surface area contributed by atoms with E-state index in [4.69, 9.17) is 21.1 Å². The molecule has 2 rings (SSSR count). The summed E-state index contributed by atoms with van der Waals surface area (Å²) in [7, 11) is 1.53. The van der Waals surface area contributed by atoms with Gasteiger partial charge in [0.25, 0.3) is 5.91 Å². The second-order valence-corrected chi connectivity index (χ2v) is 5.57. The molecule has 0 saturated heterocycles. The minimum atomic E-state index is -0.503. The van der Waals surface area contributed by atoms with Gasteiger partial charge < -0.3 is 14.8 Å². The molecule has 0 bridgehead atoms. The van der Waals surface area contributed by atoms with E-state index in [1.165, 1.54) is 7.11 Å². The van der Waals surface area contributed by atoms with Crippen LogP contribution < -0.4 is 10.1 Å². The predicted molar refractivity (Wildman–Crippen MR) is 92.5 cm³/mol. The number of nitrogens with one attached hydrogen (secondary N) is 1. The molecule has 2 aromatic rings. The Kier molecular flexibility index (Phi) is 6.21. The first-order chi connectivity index (χ1) is 11.5. The third-order valence-corrected chi connectivity index (χ3v) is 3.75. The number of hydrogen-bond acceptors (Lipinski definition) is 4. The molecule has 0 saturated carbocycles. The monoisotopic (exact) mass is 347 g/mol. The Morgan fingerprint density at radius 2 is 1.92 bits per heavy atom. The second-order valence-electron chi connectivity index (χ2n) is 5.16. The van der Waals surface area contributed by atoms with Gasteiger partial charge in [-0.05, 0) is 30.7 Å². The number of methoxy groups -OCH3 is 1. The normalized spacial score (nSPS) is 10.1. The molecule has 0 fully saturated rings. The predicted octanol–water partition coefficient (Wildman–Crippen LogP) is 3.38. The summed E-state index contributed by atoms with van der Waals surface area (Å²) in [6.45, 7) is 1.51. The number of ether oxygens (including phenoxy) is 2. The van der Waals surface area contributed by atoms with E-state index in [2.05, 4.69) is 5.32 Å². The van der Waals surface area contributed by atoms with Crippen LogP contribution >= 0.6 is 11.6 Å². The van der Waals surface area contributed by atoms with E-state index in [1.807, 2.05) is 13.0 Å². The summed E-state index contributed by atoms with van der Waals surface area (Å²) in [6.07, 6.45) is 0.0354. The molecule has 6 heteroatoms. The van der Waals surface area contributed by atoms with Crippen molar-refractivity contribution < 1.29 is 19.1 Å². The van der Waals surface area contributed by atoms with Gasteiger partial charge in [-0.3, -0.25) is 9.59 Å². The number of halogens is 1. The number of benzene rings is 2. The first kappa shape index (κ1) is 17.8. The van der Waals surface area contributed by atoms with Crippen LogP contribution in [0.1, 0.15) is 11.1 Å². The van der Waals surface area contributed by atoms with Gasteiger partial charge in [0.1, 0.15) is 5.75 Å². The lowest BCUT2D eigenvalue weighted by molar-refractivity contribution is -0.146. The maximum Gasteiger partial charge on any atom is 0.310 e. The first-order valence-electron chi connectivity index (χ1n) is 7.33. The number of rotatable bonds is 6. The van der Waals surface area contributed by atoms with Crippen LogP contribution in [0.2, 0.25) is 5.02 Å². The van der Waals surface area contributed by atoms with Gasteiger partial charge in [-0.15, -0.1) is 0 Å². The van der Waals surface area contributed by atoms with E-state index in [1.54, 1.807) is 36.4 Å². The van der Waals surface area contributed by atoms with Crippen molar-refractivity contribution in [2.24, 2.45) is 0 Å². The standard InChI is InChI=1S/C18H18ClNO4/c1-12-7-8-14(10-15(12)19)20-17(21)11-24-18(22)9-13-5-3-4-6-16(13)23-2/h3-8,10H,9,11H2,1-2H3,(H,20,21). The van der Waals surface area contributed by atoms with Crippen LogP contribution in [-0.4, -0.2) is 25.6 Å². The minimum Gasteiger partial charge on any atom is -0.496 e. The topological polar surface area (TPSA) is 64.6 Å². The SMILES string of the molecule is COc1ccccc1CC(=O)OCC(=O)Nc1ccc(C)c(Cl)c1. The number of amides is 1. The summed E-state index contributed by atoms with van der Waals surface area (Å²) in [5, 5.41) is 3.18. The highest BCUT2D eigenvalue weighted by Crippen LogP contribution is 2.20. The lowest BCUT2D eigenvalue weighted by atomic mass is 10.1. The molecule has 0 unspecified atom stereocenters. The summed E-state index contributed by atoms with van der Waals surface area (Å²) in [6, 6.07) is 12.3. The van der Waals surface area contributed by atoms with Crippen molar-refractivity contribution in [2.75, 3.05) is 19.0 Å². The van der Waals surface area contributed by atoms with Gasteiger partial charge in [-0.1, -0.05) is 35.9 Å². The van der Waals surface area contributed by atoms with Crippen LogP contribution in [0.5, 0.6) is 5.75 Å². The summed E-state index contributed by atoms with van der Waals surface area (Å²) in [5.74, 6) is -0.326. The molecule has 1 N–H and O–H groups in total. The Bertz CT molecular complexity index is 746. The molecule has 24 heavy (non-hydrogen) atoms. The van der Waals surface area contributed by atoms with Gasteiger partial charge in [-0.25, -0.2) is 0 Å². The Morgan fingerprint density at radius 1 is 1.17 bits per heavy atom. The zero-order chi connectivity index (χ0) is 17.5. The maximum absolute atomic E-state index is 11.9. The van der Waals surface area contributed by atoms with Crippen molar-refractivity contribution >= 4 is 29.2 Å². The molecule has 5 nitrogen and oxygen atoms in total. The van der Waals surface area contributed by atoms with Gasteiger partial charge in [0, 0.05) is 16.3 Å². The number of aryl methyl sites for hydroxylation is 1. The number of hydrogen-bond donors (Lipinski definition) is 1. The van der Waals surface area contributed by atoms with Crippen molar-refractivity contribution in [1.29, 1.82) is 0 Å². The summed E-state index contributed by atoms with van der Waals surface area (Å²) in [5.41, 5.74) is 2.17. The Balaban J connectivity index is 1.84. The zero-order valence-electron chi connectivity index (χ0n) is 13.5. The minimum absolute atomic E-state index is 0.0354. The molecular weight excluding hydrogens is 330 g/mol. The van der Waals surface area contributed by atoms with Crippen LogP contribution in [0.15, 0.2) is 42.5 Å². The maximum atomic E-state index is 11.9. The second kappa shape index (κ2) is 8.36. The number of esters is 1. The van der Waals surface area contributed by atoms with E-state index >= 15 is 0 Å². The highest BCUT2D eigenvalue weighted by Gasteiger charge is 2.12. The molecule has 0 atom stereocenters. The molecule has 0 spiro atoms. The van der Waals surface area contributed by atoms with Crippen molar-refractivity contribution in [3.63, 3.8) is 0 Å². The lowest BCUT2D eigenvalue weighted by Gasteiger charge is -2.09. The summed E-state index contributed by atoms with van der Waals surface area (Å²) < 4.78 is 10.2. The third-order valence-electron chi connectivity index (χ3n) is 3.35. The Hall–Kier alpha value is -2.53. The molecule has 126 valence electrons. The van der Waals surface area contributed by atoms with E-state index < -0.39 is 11.9 Å². The highest BCUT2D eigenvalue weighted by molar-refractivity contribution is 6.31. The first-order valence-corrected chi connectivity index (χ1v) is 7.71. The van der Waals surface area contributed by atoms with Crippen LogP contribution in [0.4, 0.5) is 5.69 Å². The molecule has 0 aliphatic carbocycles. The number of anilines is 1. The van der Waals surface area contributed by atoms with E-state index in [0.29, 0.717) is 22.0 Å². The average molecular weight is 348 g/mol. The van der Waals surface area contributed by atoms with Gasteiger partial charge >= 0.3 is 5.97 Å². The molecule has 0 aliphatic heterocycles. The summed E-state index contributed by atoms with van der Waals surface area (Å²) >= 11 is 6.00. The fourth-order valence-electron chi connectivity index (χ4n) is 2.07.